The van der Waals surface area contributed by atoms with Crippen LogP contribution in [0.4, 0.5) is 0 Å². The predicted molar refractivity (Wildman–Crippen MR) is 129 cm³/mol. The lowest BCUT2D eigenvalue weighted by molar-refractivity contribution is 0.239. The van der Waals surface area contributed by atoms with Crippen molar-refractivity contribution in [1.82, 2.24) is 15.5 Å². The summed E-state index contributed by atoms with van der Waals surface area (Å²) in [6.45, 7) is 3.95. The Bertz CT molecular complexity index is 717. The summed E-state index contributed by atoms with van der Waals surface area (Å²) in [6.07, 6.45) is 3.54. The van der Waals surface area contributed by atoms with Crippen molar-refractivity contribution in [3.05, 3.63) is 52.2 Å². The van der Waals surface area contributed by atoms with Gasteiger partial charge in [0, 0.05) is 30.6 Å². The number of methoxy groups -OCH3 is 1. The molecule has 1 aromatic carbocycles. The molecule has 1 saturated heterocycles. The molecule has 0 radical (unpaired) electrons. The smallest absolute Gasteiger partial charge is 0.191 e. The van der Waals surface area contributed by atoms with Crippen molar-refractivity contribution in [2.75, 3.05) is 40.3 Å². The zero-order chi connectivity index (χ0) is 18.9. The molecule has 0 saturated carbocycles. The summed E-state index contributed by atoms with van der Waals surface area (Å²) in [5, 5.41) is 9.07. The van der Waals surface area contributed by atoms with E-state index >= 15 is 0 Å². The Morgan fingerprint density at radius 1 is 1.18 bits per heavy atom. The molecule has 3 rings (SSSR count). The van der Waals surface area contributed by atoms with Crippen molar-refractivity contribution in [3.8, 4) is 5.75 Å². The summed E-state index contributed by atoms with van der Waals surface area (Å²) in [5.74, 6) is 1.81. The molecule has 0 bridgehead atoms. The Kier molecular flexibility index (Phi) is 10.1. The molecule has 1 aromatic heterocycles. The molecule has 2 aromatic rings. The second-order valence-electron chi connectivity index (χ2n) is 6.71. The maximum Gasteiger partial charge on any atom is 0.191 e. The molecule has 2 N–H and O–H groups in total. The van der Waals surface area contributed by atoms with E-state index in [0.717, 1.165) is 44.3 Å². The first kappa shape index (κ1) is 23.0. The lowest BCUT2D eigenvalue weighted by Gasteiger charge is -2.30. The van der Waals surface area contributed by atoms with Crippen molar-refractivity contribution in [3.63, 3.8) is 0 Å². The van der Waals surface area contributed by atoms with Gasteiger partial charge in [0.05, 0.1) is 13.2 Å². The van der Waals surface area contributed by atoms with Crippen LogP contribution >= 0.6 is 35.3 Å². The number of thiophene rings is 1. The quantitative estimate of drug-likeness (QED) is 0.319. The van der Waals surface area contributed by atoms with Gasteiger partial charge in [-0.15, -0.1) is 35.3 Å². The van der Waals surface area contributed by atoms with Gasteiger partial charge in [0.2, 0.25) is 0 Å². The second kappa shape index (κ2) is 12.3. The number of aliphatic imine (C=N–C) groups is 1. The molecule has 28 heavy (non-hydrogen) atoms. The number of halogens is 1. The lowest BCUT2D eigenvalue weighted by Crippen LogP contribution is -2.43. The highest BCUT2D eigenvalue weighted by Gasteiger charge is 2.25. The molecule has 0 aliphatic carbocycles. The zero-order valence-corrected chi connectivity index (χ0v) is 19.8. The minimum absolute atomic E-state index is 0. The molecule has 1 fully saturated rings. The molecule has 0 spiro atoms. The van der Waals surface area contributed by atoms with Gasteiger partial charge in [-0.05, 0) is 49.9 Å². The van der Waals surface area contributed by atoms with E-state index in [1.54, 1.807) is 18.4 Å². The number of ether oxygens (including phenoxy) is 1. The van der Waals surface area contributed by atoms with Crippen LogP contribution in [0.1, 0.15) is 29.3 Å². The van der Waals surface area contributed by atoms with Gasteiger partial charge in [0.25, 0.3) is 0 Å². The Morgan fingerprint density at radius 2 is 1.96 bits per heavy atom. The highest BCUT2D eigenvalue weighted by molar-refractivity contribution is 14.0. The molecule has 0 amide bonds. The summed E-state index contributed by atoms with van der Waals surface area (Å²) in [6, 6.07) is 12.9. The number of likely N-dealkylation sites (tertiary alicyclic amines) is 1. The Balaban J connectivity index is 0.00000280. The van der Waals surface area contributed by atoms with E-state index in [-0.39, 0.29) is 30.0 Å². The molecule has 1 aliphatic rings. The summed E-state index contributed by atoms with van der Waals surface area (Å²) in [5.41, 5.74) is 1.24. The van der Waals surface area contributed by atoms with Crippen LogP contribution in [0.5, 0.6) is 5.75 Å². The van der Waals surface area contributed by atoms with E-state index in [2.05, 4.69) is 50.2 Å². The third-order valence-corrected chi connectivity index (χ3v) is 5.95. The highest BCUT2D eigenvalue weighted by Crippen LogP contribution is 2.31. The van der Waals surface area contributed by atoms with Gasteiger partial charge in [-0.25, -0.2) is 0 Å². The van der Waals surface area contributed by atoms with E-state index in [9.17, 15) is 0 Å². The van der Waals surface area contributed by atoms with Crippen LogP contribution in [-0.4, -0.2) is 51.2 Å². The molecule has 1 unspecified atom stereocenters. The summed E-state index contributed by atoms with van der Waals surface area (Å²) >= 11 is 1.80. The van der Waals surface area contributed by atoms with Crippen LogP contribution < -0.4 is 15.4 Å². The van der Waals surface area contributed by atoms with Gasteiger partial charge in [0.15, 0.2) is 5.96 Å². The standard InChI is InChI=1S/C21H30N4OS.HI/c1-22-21(23-12-11-17-8-7-15-27-17)24-16-19(25-13-5-6-14-25)18-9-3-4-10-20(18)26-2;/h3-4,7-10,15,19H,5-6,11-14,16H2,1-2H3,(H2,22,23,24);1H. The number of benzene rings is 1. The second-order valence-corrected chi connectivity index (χ2v) is 7.74. The molecule has 1 aliphatic heterocycles. The Hall–Kier alpha value is -1.32. The molecular weight excluding hydrogens is 483 g/mol. The molecular formula is C21H31IN4OS. The average molecular weight is 514 g/mol. The van der Waals surface area contributed by atoms with Gasteiger partial charge >= 0.3 is 0 Å². The molecule has 2 heterocycles. The van der Waals surface area contributed by atoms with E-state index in [4.69, 9.17) is 4.74 Å². The van der Waals surface area contributed by atoms with Crippen LogP contribution in [0, 0.1) is 0 Å². The van der Waals surface area contributed by atoms with Gasteiger partial charge in [-0.2, -0.15) is 0 Å². The van der Waals surface area contributed by atoms with Crippen molar-refractivity contribution in [2.45, 2.75) is 25.3 Å². The van der Waals surface area contributed by atoms with Crippen LogP contribution in [0.15, 0.2) is 46.8 Å². The maximum absolute atomic E-state index is 5.63. The largest absolute Gasteiger partial charge is 0.496 e. The van der Waals surface area contributed by atoms with Gasteiger partial charge in [-0.1, -0.05) is 24.3 Å². The van der Waals surface area contributed by atoms with E-state index < -0.39 is 0 Å². The van der Waals surface area contributed by atoms with Crippen LogP contribution in [0.25, 0.3) is 0 Å². The molecule has 154 valence electrons. The lowest BCUT2D eigenvalue weighted by atomic mass is 10.0. The minimum atomic E-state index is 0. The fourth-order valence-corrected chi connectivity index (χ4v) is 4.31. The third-order valence-electron chi connectivity index (χ3n) is 5.01. The summed E-state index contributed by atoms with van der Waals surface area (Å²) in [4.78, 5) is 8.33. The van der Waals surface area contributed by atoms with E-state index in [0.29, 0.717) is 0 Å². The number of hydrogen-bond donors (Lipinski definition) is 2. The number of guanidine groups is 1. The number of rotatable bonds is 8. The number of para-hydroxylation sites is 1. The summed E-state index contributed by atoms with van der Waals surface area (Å²) in [7, 11) is 3.58. The summed E-state index contributed by atoms with van der Waals surface area (Å²) < 4.78 is 5.63. The third kappa shape index (κ3) is 6.35. The Labute approximate surface area is 189 Å². The topological polar surface area (TPSA) is 48.9 Å². The average Bonchev–Trinajstić information content (AvgIpc) is 3.41. The number of hydrogen-bond acceptors (Lipinski definition) is 4. The van der Waals surface area contributed by atoms with Crippen LogP contribution in [0.3, 0.4) is 0 Å². The maximum atomic E-state index is 5.63. The number of nitrogens with one attached hydrogen (secondary N) is 2. The van der Waals surface area contributed by atoms with Crippen molar-refractivity contribution >= 4 is 41.3 Å². The molecule has 7 heteroatoms. The van der Waals surface area contributed by atoms with Crippen LogP contribution in [0.2, 0.25) is 0 Å². The fourth-order valence-electron chi connectivity index (χ4n) is 3.60. The minimum Gasteiger partial charge on any atom is -0.496 e. The first-order valence-corrected chi connectivity index (χ1v) is 10.5. The first-order valence-electron chi connectivity index (χ1n) is 9.65. The van der Waals surface area contributed by atoms with Gasteiger partial charge in [0.1, 0.15) is 5.75 Å². The van der Waals surface area contributed by atoms with Gasteiger partial charge in [-0.3, -0.25) is 9.89 Å². The van der Waals surface area contributed by atoms with Crippen molar-refractivity contribution < 1.29 is 4.74 Å². The van der Waals surface area contributed by atoms with Crippen molar-refractivity contribution in [2.24, 2.45) is 4.99 Å². The SMILES string of the molecule is CN=C(NCCc1cccs1)NCC(c1ccccc1OC)N1CCCC1.I. The highest BCUT2D eigenvalue weighted by atomic mass is 127. The van der Waals surface area contributed by atoms with Crippen LogP contribution in [-0.2, 0) is 6.42 Å². The van der Waals surface area contributed by atoms with E-state index in [1.165, 1.54) is 23.3 Å². The zero-order valence-electron chi connectivity index (χ0n) is 16.7. The normalized spacial score (nSPS) is 15.7. The first-order chi connectivity index (χ1) is 13.3. The molecule has 1 atom stereocenters. The monoisotopic (exact) mass is 514 g/mol. The van der Waals surface area contributed by atoms with E-state index in [1.807, 2.05) is 19.2 Å². The van der Waals surface area contributed by atoms with Gasteiger partial charge < -0.3 is 15.4 Å². The van der Waals surface area contributed by atoms with Crippen molar-refractivity contribution in [1.29, 1.82) is 0 Å². The molecule has 5 nitrogen and oxygen atoms in total. The number of nitrogens with zero attached hydrogens (tertiary/aromatic N) is 2. The Morgan fingerprint density at radius 3 is 2.64 bits per heavy atom. The fraction of sp³-hybridized carbons (Fsp3) is 0.476. The predicted octanol–water partition coefficient (Wildman–Crippen LogP) is 3.92.